The molecule has 0 fully saturated rings. The fourth-order valence-corrected chi connectivity index (χ4v) is 4.19. The molecule has 0 aliphatic carbocycles. The van der Waals surface area contributed by atoms with Crippen molar-refractivity contribution in [3.05, 3.63) is 40.5 Å². The first kappa shape index (κ1) is 19.6. The van der Waals surface area contributed by atoms with Crippen LogP contribution >= 0.6 is 11.3 Å². The van der Waals surface area contributed by atoms with E-state index in [0.717, 1.165) is 43.4 Å². The van der Waals surface area contributed by atoms with Gasteiger partial charge in [-0.1, -0.05) is 11.3 Å². The van der Waals surface area contributed by atoms with E-state index >= 15 is 0 Å². The Labute approximate surface area is 174 Å². The van der Waals surface area contributed by atoms with Crippen molar-refractivity contribution >= 4 is 27.8 Å². The van der Waals surface area contributed by atoms with Gasteiger partial charge < -0.3 is 14.4 Å². The van der Waals surface area contributed by atoms with Crippen LogP contribution in [0.3, 0.4) is 0 Å². The molecule has 0 spiro atoms. The minimum Gasteiger partial charge on any atom is -0.491 e. The van der Waals surface area contributed by atoms with E-state index in [2.05, 4.69) is 28.2 Å². The van der Waals surface area contributed by atoms with Crippen LogP contribution in [0.1, 0.15) is 36.9 Å². The summed E-state index contributed by atoms with van der Waals surface area (Å²) < 4.78 is 11.5. The van der Waals surface area contributed by atoms with Gasteiger partial charge in [0.2, 0.25) is 0 Å². The average Bonchev–Trinajstić information content (AvgIpc) is 2.85. The molecule has 0 atom stereocenters. The Morgan fingerprint density at radius 3 is 2.76 bits per heavy atom. The molecule has 4 rings (SSSR count). The van der Waals surface area contributed by atoms with Crippen molar-refractivity contribution in [2.24, 2.45) is 0 Å². The van der Waals surface area contributed by atoms with Crippen LogP contribution in [-0.4, -0.2) is 39.7 Å². The first-order valence-electron chi connectivity index (χ1n) is 9.67. The van der Waals surface area contributed by atoms with E-state index in [1.165, 1.54) is 0 Å². The van der Waals surface area contributed by atoms with Gasteiger partial charge in [0.05, 0.1) is 18.1 Å². The fraction of sp³-hybridized carbons (Fsp3) is 0.409. The minimum atomic E-state index is -0.530. The monoisotopic (exact) mass is 411 g/mol. The molecule has 2 aromatic heterocycles. The van der Waals surface area contributed by atoms with Crippen LogP contribution in [0.25, 0.3) is 21.5 Å². The first-order valence-corrected chi connectivity index (χ1v) is 10.5. The molecule has 1 amide bonds. The highest BCUT2D eigenvalue weighted by atomic mass is 32.1. The highest BCUT2D eigenvalue weighted by Gasteiger charge is 2.26. The third-order valence-electron chi connectivity index (χ3n) is 4.66. The predicted octanol–water partition coefficient (Wildman–Crippen LogP) is 5.10. The largest absolute Gasteiger partial charge is 0.491 e. The van der Waals surface area contributed by atoms with Gasteiger partial charge in [0.1, 0.15) is 28.3 Å². The third-order valence-corrected chi connectivity index (χ3v) is 5.55. The van der Waals surface area contributed by atoms with Gasteiger partial charge in [-0.3, -0.25) is 0 Å². The molecule has 0 unspecified atom stereocenters. The maximum atomic E-state index is 12.6. The van der Waals surface area contributed by atoms with Gasteiger partial charge in [0.15, 0.2) is 0 Å². The molecule has 3 heterocycles. The Hall–Kier alpha value is -2.67. The number of fused-ring (bicyclic) bond motifs is 2. The van der Waals surface area contributed by atoms with Gasteiger partial charge >= 0.3 is 6.09 Å². The first-order chi connectivity index (χ1) is 13.7. The minimum absolute atomic E-state index is 0.321. The second-order valence-electron chi connectivity index (χ2n) is 8.31. The SMILES string of the molecule is Cc1nc2cc(-c3cc(C)c4c(c3)CN(C(=O)OC(C)(C)C)CCO4)cnc2s1. The van der Waals surface area contributed by atoms with Crippen molar-refractivity contribution in [3.8, 4) is 16.9 Å². The highest BCUT2D eigenvalue weighted by molar-refractivity contribution is 7.18. The maximum Gasteiger partial charge on any atom is 0.410 e. The molecule has 0 saturated carbocycles. The van der Waals surface area contributed by atoms with Crippen LogP contribution in [0.4, 0.5) is 4.79 Å². The van der Waals surface area contributed by atoms with E-state index in [0.29, 0.717) is 19.7 Å². The van der Waals surface area contributed by atoms with Gasteiger partial charge in [0.25, 0.3) is 0 Å². The molecule has 6 nitrogen and oxygen atoms in total. The Bertz CT molecular complexity index is 1080. The van der Waals surface area contributed by atoms with E-state index in [-0.39, 0.29) is 6.09 Å². The number of hydrogen-bond donors (Lipinski definition) is 0. The van der Waals surface area contributed by atoms with Gasteiger partial charge in [0, 0.05) is 17.3 Å². The van der Waals surface area contributed by atoms with Crippen LogP contribution in [0, 0.1) is 13.8 Å². The lowest BCUT2D eigenvalue weighted by Gasteiger charge is -2.26. The summed E-state index contributed by atoms with van der Waals surface area (Å²) in [6.45, 7) is 11.0. The second-order valence-corrected chi connectivity index (χ2v) is 9.49. The van der Waals surface area contributed by atoms with Crippen molar-refractivity contribution in [1.82, 2.24) is 14.9 Å². The number of carbonyl (C=O) groups excluding carboxylic acids is 1. The summed E-state index contributed by atoms with van der Waals surface area (Å²) in [6, 6.07) is 6.24. The van der Waals surface area contributed by atoms with Crippen molar-refractivity contribution in [2.45, 2.75) is 46.8 Å². The third kappa shape index (κ3) is 4.19. The van der Waals surface area contributed by atoms with Gasteiger partial charge in [-0.05, 0) is 63.9 Å². The molecular formula is C22H25N3O3S. The second kappa shape index (κ2) is 7.30. The van der Waals surface area contributed by atoms with E-state index in [4.69, 9.17) is 9.47 Å². The number of hydrogen-bond acceptors (Lipinski definition) is 6. The maximum absolute atomic E-state index is 12.6. The Kier molecular flexibility index (Phi) is 4.94. The number of aromatic nitrogens is 2. The van der Waals surface area contributed by atoms with Crippen molar-refractivity contribution in [1.29, 1.82) is 0 Å². The number of pyridine rings is 1. The number of rotatable bonds is 1. The van der Waals surface area contributed by atoms with Crippen LogP contribution in [0.5, 0.6) is 5.75 Å². The number of amides is 1. The summed E-state index contributed by atoms with van der Waals surface area (Å²) in [7, 11) is 0. The molecule has 152 valence electrons. The predicted molar refractivity (Wildman–Crippen MR) is 114 cm³/mol. The van der Waals surface area contributed by atoms with Gasteiger partial charge in [-0.2, -0.15) is 0 Å². The number of benzene rings is 1. The molecule has 1 aliphatic rings. The summed E-state index contributed by atoms with van der Waals surface area (Å²) in [4.78, 5) is 24.4. The van der Waals surface area contributed by atoms with Gasteiger partial charge in [-0.25, -0.2) is 14.8 Å². The average molecular weight is 412 g/mol. The Morgan fingerprint density at radius 2 is 2.00 bits per heavy atom. The van der Waals surface area contributed by atoms with Crippen molar-refractivity contribution in [2.75, 3.05) is 13.2 Å². The number of aryl methyl sites for hydroxylation is 2. The van der Waals surface area contributed by atoms with Crippen molar-refractivity contribution in [3.63, 3.8) is 0 Å². The quantitative estimate of drug-likeness (QED) is 0.557. The molecule has 0 N–H and O–H groups in total. The molecule has 7 heteroatoms. The molecule has 1 aromatic carbocycles. The number of nitrogens with zero attached hydrogens (tertiary/aromatic N) is 3. The number of ether oxygens (including phenoxy) is 2. The zero-order valence-corrected chi connectivity index (χ0v) is 18.2. The zero-order chi connectivity index (χ0) is 20.8. The highest BCUT2D eigenvalue weighted by Crippen LogP contribution is 2.34. The van der Waals surface area contributed by atoms with E-state index in [9.17, 15) is 4.79 Å². The van der Waals surface area contributed by atoms with Crippen LogP contribution < -0.4 is 4.74 Å². The summed E-state index contributed by atoms with van der Waals surface area (Å²) in [6.07, 6.45) is 1.56. The summed E-state index contributed by atoms with van der Waals surface area (Å²) >= 11 is 1.59. The Morgan fingerprint density at radius 1 is 1.21 bits per heavy atom. The Balaban J connectivity index is 1.69. The lowest BCUT2D eigenvalue weighted by Crippen LogP contribution is -2.37. The van der Waals surface area contributed by atoms with Crippen LogP contribution in [0.2, 0.25) is 0 Å². The summed E-state index contributed by atoms with van der Waals surface area (Å²) in [5, 5.41) is 1.00. The van der Waals surface area contributed by atoms with E-state index in [1.54, 1.807) is 16.2 Å². The van der Waals surface area contributed by atoms with E-state index < -0.39 is 5.60 Å². The topological polar surface area (TPSA) is 64.6 Å². The zero-order valence-electron chi connectivity index (χ0n) is 17.4. The van der Waals surface area contributed by atoms with E-state index in [1.807, 2.05) is 40.8 Å². The molecule has 29 heavy (non-hydrogen) atoms. The molecular weight excluding hydrogens is 386 g/mol. The number of thiazole rings is 1. The van der Waals surface area contributed by atoms with Crippen molar-refractivity contribution < 1.29 is 14.3 Å². The fourth-order valence-electron chi connectivity index (χ4n) is 3.45. The molecule has 3 aromatic rings. The lowest BCUT2D eigenvalue weighted by molar-refractivity contribution is 0.0225. The smallest absolute Gasteiger partial charge is 0.410 e. The van der Waals surface area contributed by atoms with Gasteiger partial charge in [-0.15, -0.1) is 0 Å². The van der Waals surface area contributed by atoms with Crippen LogP contribution in [0.15, 0.2) is 24.4 Å². The normalized spacial score (nSPS) is 14.3. The molecule has 1 aliphatic heterocycles. The number of carbonyl (C=O) groups is 1. The standard InChI is InChI=1S/C22H25N3O3S/c1-13-8-15(16-10-18-20(23-11-16)29-14(2)24-18)9-17-12-25(6-7-27-19(13)17)21(26)28-22(3,4)5/h8-11H,6-7,12H2,1-5H3. The molecule has 0 radical (unpaired) electrons. The lowest BCUT2D eigenvalue weighted by atomic mass is 10.00. The molecule has 0 saturated heterocycles. The summed E-state index contributed by atoms with van der Waals surface area (Å²) in [5.41, 5.74) is 4.43. The molecule has 0 bridgehead atoms. The van der Waals surface area contributed by atoms with Crippen LogP contribution in [-0.2, 0) is 11.3 Å². The summed E-state index contributed by atoms with van der Waals surface area (Å²) in [5.74, 6) is 0.846.